The molecule has 0 fully saturated rings. The van der Waals surface area contributed by atoms with Gasteiger partial charge in [-0.15, -0.1) is 0 Å². The molecular formula is C21H19ClN2O2. The summed E-state index contributed by atoms with van der Waals surface area (Å²) in [5.74, 6) is -1.55. The minimum atomic E-state index is -0.821. The summed E-state index contributed by atoms with van der Waals surface area (Å²) in [5.41, 5.74) is 2.36. The third-order valence-corrected chi connectivity index (χ3v) is 4.79. The molecule has 0 bridgehead atoms. The van der Waals surface area contributed by atoms with E-state index < -0.39 is 11.9 Å². The lowest BCUT2D eigenvalue weighted by Crippen LogP contribution is -2.25. The number of carboxylic acids is 1. The Morgan fingerprint density at radius 1 is 1.00 bits per heavy atom. The molecule has 1 N–H and O–H groups in total. The van der Waals surface area contributed by atoms with E-state index in [2.05, 4.69) is 9.98 Å². The molecule has 4 nitrogen and oxygen atoms in total. The van der Waals surface area contributed by atoms with Crippen molar-refractivity contribution in [2.45, 2.75) is 12.8 Å². The fraction of sp³-hybridized carbons (Fsp3) is 0.190. The first-order valence-electron chi connectivity index (χ1n) is 8.43. The molecule has 2 aromatic rings. The average Bonchev–Trinajstić information content (AvgIpc) is 2.67. The molecule has 0 amide bonds. The number of hydrogen-bond donors (Lipinski definition) is 1. The number of hydrogen-bond acceptors (Lipinski definition) is 3. The van der Waals surface area contributed by atoms with E-state index in [9.17, 15) is 9.90 Å². The van der Waals surface area contributed by atoms with E-state index in [1.807, 2.05) is 60.7 Å². The zero-order valence-corrected chi connectivity index (χ0v) is 14.9. The zero-order chi connectivity index (χ0) is 18.4. The highest BCUT2D eigenvalue weighted by Crippen LogP contribution is 2.35. The van der Waals surface area contributed by atoms with Crippen LogP contribution in [-0.4, -0.2) is 23.5 Å². The van der Waals surface area contributed by atoms with Crippen LogP contribution in [0.2, 0.25) is 0 Å². The van der Waals surface area contributed by atoms with Gasteiger partial charge in [-0.05, 0) is 42.7 Å². The molecule has 0 radical (unpaired) electrons. The summed E-state index contributed by atoms with van der Waals surface area (Å²) in [7, 11) is 0. The highest BCUT2D eigenvalue weighted by molar-refractivity contribution is 6.32. The highest BCUT2D eigenvalue weighted by atomic mass is 35.5. The largest absolute Gasteiger partial charge is 0.481 e. The Hall–Kier alpha value is -2.72. The minimum Gasteiger partial charge on any atom is -0.481 e. The molecule has 0 saturated heterocycles. The Morgan fingerprint density at radius 3 is 2.15 bits per heavy atom. The van der Waals surface area contributed by atoms with Crippen molar-refractivity contribution in [3.8, 4) is 0 Å². The van der Waals surface area contributed by atoms with Crippen LogP contribution in [0.1, 0.15) is 12.8 Å². The van der Waals surface area contributed by atoms with E-state index in [-0.39, 0.29) is 5.92 Å². The van der Waals surface area contributed by atoms with E-state index in [0.29, 0.717) is 17.9 Å². The standard InChI is InChI=1S/C21H19ClN2O2/c22-20-16(13-23-18-7-3-1-4-8-18)11-15(21(25)26)12-17(20)14-24-19-9-5-2-6-10-19/h1-10,13-16H,11-12H2,(H,25,26). The average molecular weight is 367 g/mol. The first-order chi connectivity index (χ1) is 12.6. The van der Waals surface area contributed by atoms with Gasteiger partial charge in [-0.1, -0.05) is 48.0 Å². The van der Waals surface area contributed by atoms with E-state index in [4.69, 9.17) is 11.6 Å². The van der Waals surface area contributed by atoms with Crippen LogP contribution in [0.3, 0.4) is 0 Å². The van der Waals surface area contributed by atoms with E-state index in [1.165, 1.54) is 0 Å². The maximum atomic E-state index is 11.5. The molecule has 0 spiro atoms. The fourth-order valence-electron chi connectivity index (χ4n) is 2.88. The Morgan fingerprint density at radius 2 is 1.58 bits per heavy atom. The highest BCUT2D eigenvalue weighted by Gasteiger charge is 2.31. The number of para-hydroxylation sites is 2. The molecular weight excluding hydrogens is 348 g/mol. The van der Waals surface area contributed by atoms with Crippen molar-refractivity contribution in [2.24, 2.45) is 21.8 Å². The summed E-state index contributed by atoms with van der Waals surface area (Å²) in [6, 6.07) is 19.0. The monoisotopic (exact) mass is 366 g/mol. The number of allylic oxidation sites excluding steroid dienone is 2. The number of nitrogens with zero attached hydrogens (tertiary/aromatic N) is 2. The van der Waals surface area contributed by atoms with Crippen molar-refractivity contribution in [3.05, 3.63) is 71.3 Å². The van der Waals surface area contributed by atoms with Crippen LogP contribution in [-0.2, 0) is 4.79 Å². The number of carboxylic acid groups (broad SMARTS) is 1. The first kappa shape index (κ1) is 18.1. The maximum Gasteiger partial charge on any atom is 0.306 e. The number of aliphatic imine (C=N–C) groups is 2. The third-order valence-electron chi connectivity index (χ3n) is 4.27. The molecule has 132 valence electrons. The lowest BCUT2D eigenvalue weighted by atomic mass is 9.83. The molecule has 0 heterocycles. The zero-order valence-electron chi connectivity index (χ0n) is 14.1. The molecule has 5 heteroatoms. The predicted molar refractivity (Wildman–Crippen MR) is 106 cm³/mol. The van der Waals surface area contributed by atoms with Gasteiger partial charge in [0, 0.05) is 23.4 Å². The lowest BCUT2D eigenvalue weighted by molar-refractivity contribution is -0.142. The number of aliphatic carboxylic acids is 1. The van der Waals surface area contributed by atoms with Gasteiger partial charge in [-0.25, -0.2) is 0 Å². The minimum absolute atomic E-state index is 0.232. The van der Waals surface area contributed by atoms with Gasteiger partial charge in [0.15, 0.2) is 0 Å². The molecule has 3 rings (SSSR count). The topological polar surface area (TPSA) is 62.0 Å². The second kappa shape index (κ2) is 8.59. The fourth-order valence-corrected chi connectivity index (χ4v) is 3.15. The molecule has 1 aliphatic carbocycles. The van der Waals surface area contributed by atoms with Gasteiger partial charge in [-0.3, -0.25) is 14.8 Å². The Balaban J connectivity index is 1.86. The van der Waals surface area contributed by atoms with Crippen molar-refractivity contribution in [2.75, 3.05) is 0 Å². The summed E-state index contributed by atoms with van der Waals surface area (Å²) < 4.78 is 0. The predicted octanol–water partition coefficient (Wildman–Crippen LogP) is 5.40. The summed E-state index contributed by atoms with van der Waals surface area (Å²) in [5, 5.41) is 10.1. The van der Waals surface area contributed by atoms with Crippen molar-refractivity contribution in [1.29, 1.82) is 0 Å². The van der Waals surface area contributed by atoms with Crippen LogP contribution in [0.25, 0.3) is 0 Å². The second-order valence-corrected chi connectivity index (χ2v) is 6.57. The van der Waals surface area contributed by atoms with Gasteiger partial charge < -0.3 is 5.11 Å². The van der Waals surface area contributed by atoms with Gasteiger partial charge in [-0.2, -0.15) is 0 Å². The number of rotatable bonds is 5. The Kier molecular flexibility index (Phi) is 5.97. The number of carbonyl (C=O) groups is 1. The Bertz CT molecular complexity index is 845. The molecule has 0 aliphatic heterocycles. The van der Waals surface area contributed by atoms with Gasteiger partial charge >= 0.3 is 5.97 Å². The lowest BCUT2D eigenvalue weighted by Gasteiger charge is -2.25. The van der Waals surface area contributed by atoms with E-state index in [1.54, 1.807) is 12.4 Å². The van der Waals surface area contributed by atoms with Crippen molar-refractivity contribution in [3.63, 3.8) is 0 Å². The van der Waals surface area contributed by atoms with Crippen molar-refractivity contribution >= 4 is 41.4 Å². The molecule has 26 heavy (non-hydrogen) atoms. The van der Waals surface area contributed by atoms with Gasteiger partial charge in [0.25, 0.3) is 0 Å². The summed E-state index contributed by atoms with van der Waals surface area (Å²) in [6.07, 6.45) is 4.23. The molecule has 2 atom stereocenters. The quantitative estimate of drug-likeness (QED) is 0.720. The van der Waals surface area contributed by atoms with Gasteiger partial charge in [0.05, 0.1) is 17.3 Å². The maximum absolute atomic E-state index is 11.5. The van der Waals surface area contributed by atoms with Crippen LogP contribution in [0, 0.1) is 11.8 Å². The molecule has 0 aromatic heterocycles. The normalized spacial score (nSPS) is 20.8. The number of halogens is 1. The van der Waals surface area contributed by atoms with Gasteiger partial charge in [0.1, 0.15) is 0 Å². The van der Waals surface area contributed by atoms with Gasteiger partial charge in [0.2, 0.25) is 0 Å². The van der Waals surface area contributed by atoms with Crippen LogP contribution in [0.4, 0.5) is 11.4 Å². The third kappa shape index (κ3) is 4.67. The van der Waals surface area contributed by atoms with Crippen molar-refractivity contribution in [1.82, 2.24) is 0 Å². The molecule has 0 saturated carbocycles. The summed E-state index contributed by atoms with van der Waals surface area (Å²) in [4.78, 5) is 20.4. The molecule has 2 aromatic carbocycles. The molecule has 2 unspecified atom stereocenters. The van der Waals surface area contributed by atoms with Crippen LogP contribution in [0.15, 0.2) is 81.3 Å². The molecule has 1 aliphatic rings. The second-order valence-electron chi connectivity index (χ2n) is 6.16. The van der Waals surface area contributed by atoms with Crippen molar-refractivity contribution < 1.29 is 9.90 Å². The summed E-state index contributed by atoms with van der Waals surface area (Å²) >= 11 is 6.56. The SMILES string of the molecule is O=C(O)C1CC(C=Nc2ccccc2)=C(Cl)C(C=Nc2ccccc2)C1. The van der Waals surface area contributed by atoms with E-state index >= 15 is 0 Å². The van der Waals surface area contributed by atoms with Crippen LogP contribution in [0.5, 0.6) is 0 Å². The number of benzene rings is 2. The van der Waals surface area contributed by atoms with E-state index in [0.717, 1.165) is 16.9 Å². The smallest absolute Gasteiger partial charge is 0.306 e. The Labute approximate surface area is 157 Å². The first-order valence-corrected chi connectivity index (χ1v) is 8.81. The summed E-state index contributed by atoms with van der Waals surface area (Å²) in [6.45, 7) is 0. The van der Waals surface area contributed by atoms with Crippen LogP contribution < -0.4 is 0 Å². The van der Waals surface area contributed by atoms with Crippen LogP contribution >= 0.6 is 11.6 Å².